The van der Waals surface area contributed by atoms with Crippen LogP contribution in [0.25, 0.3) is 11.7 Å². The molecule has 0 bridgehead atoms. The van der Waals surface area contributed by atoms with Gasteiger partial charge in [0.15, 0.2) is 0 Å². The average molecular weight is 420 g/mol. The Morgan fingerprint density at radius 1 is 1.40 bits per heavy atom. The van der Waals surface area contributed by atoms with Gasteiger partial charge in [0.2, 0.25) is 0 Å². The van der Waals surface area contributed by atoms with Crippen LogP contribution in [0, 0.1) is 17.1 Å². The number of benzene rings is 1. The molecule has 0 spiro atoms. The van der Waals surface area contributed by atoms with Gasteiger partial charge in [-0.3, -0.25) is 9.20 Å². The maximum absolute atomic E-state index is 13.2. The minimum atomic E-state index is -0.630. The van der Waals surface area contributed by atoms with Gasteiger partial charge in [-0.1, -0.05) is 11.6 Å². The Labute approximate surface area is 155 Å². The van der Waals surface area contributed by atoms with Crippen LogP contribution >= 0.6 is 27.5 Å². The lowest BCUT2D eigenvalue weighted by Crippen LogP contribution is -2.13. The number of amides is 1. The lowest BCUT2D eigenvalue weighted by Gasteiger charge is -2.05. The van der Waals surface area contributed by atoms with Crippen molar-refractivity contribution in [3.8, 4) is 6.07 Å². The Morgan fingerprint density at radius 2 is 2.20 bits per heavy atom. The second-order valence-corrected chi connectivity index (χ2v) is 6.33. The Hall–Kier alpha value is -2.69. The Morgan fingerprint density at radius 3 is 2.92 bits per heavy atom. The van der Waals surface area contributed by atoms with E-state index in [1.165, 1.54) is 18.2 Å². The van der Waals surface area contributed by atoms with E-state index < -0.39 is 11.7 Å². The summed E-state index contributed by atoms with van der Waals surface area (Å²) >= 11 is 9.05. The van der Waals surface area contributed by atoms with Crippen LogP contribution in [0.1, 0.15) is 5.69 Å². The monoisotopic (exact) mass is 418 g/mol. The van der Waals surface area contributed by atoms with Gasteiger partial charge < -0.3 is 5.32 Å². The van der Waals surface area contributed by atoms with Crippen LogP contribution in [0.4, 0.5) is 10.1 Å². The second-order valence-electron chi connectivity index (χ2n) is 5.01. The van der Waals surface area contributed by atoms with E-state index in [9.17, 15) is 14.4 Å². The molecule has 2 heterocycles. The first kappa shape index (κ1) is 17.1. The largest absolute Gasteiger partial charge is 0.321 e. The van der Waals surface area contributed by atoms with Crippen LogP contribution in [0.2, 0.25) is 5.02 Å². The van der Waals surface area contributed by atoms with Gasteiger partial charge >= 0.3 is 0 Å². The molecule has 3 aromatic rings. The fourth-order valence-corrected chi connectivity index (χ4v) is 2.67. The molecular weight excluding hydrogens is 411 g/mol. The zero-order valence-electron chi connectivity index (χ0n) is 12.5. The highest BCUT2D eigenvalue weighted by Crippen LogP contribution is 2.20. The summed E-state index contributed by atoms with van der Waals surface area (Å²) in [7, 11) is 0. The van der Waals surface area contributed by atoms with Crippen molar-refractivity contribution in [2.75, 3.05) is 5.32 Å². The number of rotatable bonds is 3. The molecule has 25 heavy (non-hydrogen) atoms. The number of hydrogen-bond donors (Lipinski definition) is 1. The number of carbonyl (C=O) groups is 1. The second kappa shape index (κ2) is 7.05. The highest BCUT2D eigenvalue weighted by Gasteiger charge is 2.12. The van der Waals surface area contributed by atoms with Crippen molar-refractivity contribution in [1.82, 2.24) is 9.38 Å². The zero-order chi connectivity index (χ0) is 18.0. The van der Waals surface area contributed by atoms with E-state index in [1.54, 1.807) is 22.9 Å². The summed E-state index contributed by atoms with van der Waals surface area (Å²) < 4.78 is 15.7. The van der Waals surface area contributed by atoms with Crippen molar-refractivity contribution in [2.45, 2.75) is 0 Å². The van der Waals surface area contributed by atoms with E-state index in [1.807, 2.05) is 12.1 Å². The smallest absolute Gasteiger partial charge is 0.266 e. The van der Waals surface area contributed by atoms with Crippen molar-refractivity contribution in [3.05, 3.63) is 69.3 Å². The quantitative estimate of drug-likeness (QED) is 0.504. The lowest BCUT2D eigenvalue weighted by atomic mass is 10.2. The topological polar surface area (TPSA) is 70.2 Å². The standard InChI is InChI=1S/C17H9BrClFN4O/c18-11-1-4-16-22-8-13(24(16)9-11)5-10(7-21)17(25)23-12-2-3-15(20)14(19)6-12/h1-6,8-9H,(H,23,25)/b10-5-. The van der Waals surface area contributed by atoms with Gasteiger partial charge in [-0.25, -0.2) is 9.37 Å². The molecule has 0 fully saturated rings. The van der Waals surface area contributed by atoms with Crippen molar-refractivity contribution in [1.29, 1.82) is 5.26 Å². The number of fused-ring (bicyclic) bond motifs is 1. The summed E-state index contributed by atoms with van der Waals surface area (Å²) in [5.41, 5.74) is 1.42. The molecule has 0 unspecified atom stereocenters. The molecule has 0 atom stereocenters. The van der Waals surface area contributed by atoms with Gasteiger partial charge in [-0.05, 0) is 52.3 Å². The van der Waals surface area contributed by atoms with E-state index in [-0.39, 0.29) is 10.6 Å². The number of imidazole rings is 1. The number of halogens is 3. The van der Waals surface area contributed by atoms with E-state index in [4.69, 9.17) is 11.6 Å². The molecule has 0 radical (unpaired) electrons. The first-order chi connectivity index (χ1) is 12.0. The summed E-state index contributed by atoms with van der Waals surface area (Å²) in [4.78, 5) is 16.5. The number of pyridine rings is 1. The molecule has 1 aromatic carbocycles. The van der Waals surface area contributed by atoms with E-state index in [0.29, 0.717) is 17.0 Å². The SMILES string of the molecule is N#C/C(=C/c1cnc2ccc(Br)cn12)C(=O)Nc1ccc(F)c(Cl)c1. The number of anilines is 1. The van der Waals surface area contributed by atoms with E-state index in [0.717, 1.165) is 10.5 Å². The number of nitrogens with zero attached hydrogens (tertiary/aromatic N) is 3. The Kier molecular flexibility index (Phi) is 4.83. The predicted molar refractivity (Wildman–Crippen MR) is 96.5 cm³/mol. The maximum Gasteiger partial charge on any atom is 0.266 e. The Balaban J connectivity index is 1.91. The van der Waals surface area contributed by atoms with Crippen molar-refractivity contribution >= 4 is 50.8 Å². The molecule has 0 aliphatic carbocycles. The van der Waals surface area contributed by atoms with Crippen molar-refractivity contribution in [3.63, 3.8) is 0 Å². The molecule has 1 amide bonds. The van der Waals surface area contributed by atoms with Crippen molar-refractivity contribution < 1.29 is 9.18 Å². The van der Waals surface area contributed by atoms with Crippen LogP contribution in [0.3, 0.4) is 0 Å². The molecule has 0 aliphatic rings. The lowest BCUT2D eigenvalue weighted by molar-refractivity contribution is -0.112. The molecule has 0 saturated heterocycles. The molecule has 3 rings (SSSR count). The average Bonchev–Trinajstić information content (AvgIpc) is 2.98. The van der Waals surface area contributed by atoms with Crippen LogP contribution in [-0.4, -0.2) is 15.3 Å². The molecule has 124 valence electrons. The van der Waals surface area contributed by atoms with Crippen LogP contribution < -0.4 is 5.32 Å². The van der Waals surface area contributed by atoms with Gasteiger partial charge in [-0.2, -0.15) is 5.26 Å². The third-order valence-corrected chi connectivity index (χ3v) is 4.09. The molecular formula is C17H9BrClFN4O. The summed E-state index contributed by atoms with van der Waals surface area (Å²) in [5.74, 6) is -1.22. The summed E-state index contributed by atoms with van der Waals surface area (Å²) in [5, 5.41) is 11.7. The first-order valence-corrected chi connectivity index (χ1v) is 8.16. The van der Waals surface area contributed by atoms with Gasteiger partial charge in [0.25, 0.3) is 5.91 Å². The maximum atomic E-state index is 13.2. The fourth-order valence-electron chi connectivity index (χ4n) is 2.15. The van der Waals surface area contributed by atoms with Crippen LogP contribution in [0.15, 0.2) is 52.8 Å². The molecule has 2 aromatic heterocycles. The zero-order valence-corrected chi connectivity index (χ0v) is 14.8. The number of aromatic nitrogens is 2. The highest BCUT2D eigenvalue weighted by atomic mass is 79.9. The van der Waals surface area contributed by atoms with Gasteiger partial charge in [0, 0.05) is 16.4 Å². The molecule has 5 nitrogen and oxygen atoms in total. The predicted octanol–water partition coefficient (Wildman–Crippen LogP) is 4.43. The van der Waals surface area contributed by atoms with Crippen molar-refractivity contribution in [2.24, 2.45) is 0 Å². The fraction of sp³-hybridized carbons (Fsp3) is 0. The highest BCUT2D eigenvalue weighted by molar-refractivity contribution is 9.10. The third kappa shape index (κ3) is 3.71. The van der Waals surface area contributed by atoms with Gasteiger partial charge in [0.05, 0.1) is 16.9 Å². The number of nitriles is 1. The number of hydrogen-bond acceptors (Lipinski definition) is 3. The van der Waals surface area contributed by atoms with E-state index >= 15 is 0 Å². The van der Waals surface area contributed by atoms with E-state index in [2.05, 4.69) is 26.2 Å². The summed E-state index contributed by atoms with van der Waals surface area (Å²) in [6.45, 7) is 0. The first-order valence-electron chi connectivity index (χ1n) is 6.99. The van der Waals surface area contributed by atoms with Gasteiger partial charge in [-0.15, -0.1) is 0 Å². The molecule has 8 heteroatoms. The molecule has 1 N–H and O–H groups in total. The number of carbonyl (C=O) groups excluding carboxylic acids is 1. The third-order valence-electron chi connectivity index (χ3n) is 3.33. The molecule has 0 aliphatic heterocycles. The Bertz CT molecular complexity index is 1050. The summed E-state index contributed by atoms with van der Waals surface area (Å²) in [6.07, 6.45) is 4.76. The van der Waals surface area contributed by atoms with Gasteiger partial charge in [0.1, 0.15) is 23.1 Å². The molecule has 0 saturated carbocycles. The number of nitrogens with one attached hydrogen (secondary N) is 1. The summed E-state index contributed by atoms with van der Waals surface area (Å²) in [6, 6.07) is 9.26. The minimum Gasteiger partial charge on any atom is -0.321 e. The normalized spacial score (nSPS) is 11.4. The van der Waals surface area contributed by atoms with Crippen LogP contribution in [-0.2, 0) is 4.79 Å². The minimum absolute atomic E-state index is 0.119. The van der Waals surface area contributed by atoms with Crippen LogP contribution in [0.5, 0.6) is 0 Å².